The van der Waals surface area contributed by atoms with Crippen molar-refractivity contribution in [2.75, 3.05) is 33.7 Å². The Hall–Kier alpha value is -1.58. The second kappa shape index (κ2) is 9.95. The van der Waals surface area contributed by atoms with E-state index in [0.29, 0.717) is 11.9 Å². The third kappa shape index (κ3) is 5.52. The molecular formula is C21H32IN5O2. The topological polar surface area (TPSA) is 70.1 Å². The average Bonchev–Trinajstić information content (AvgIpc) is 3.42. The molecule has 2 aliphatic carbocycles. The van der Waals surface area contributed by atoms with Crippen LogP contribution in [0.4, 0.5) is 0 Å². The van der Waals surface area contributed by atoms with Crippen LogP contribution in [0.15, 0.2) is 29.4 Å². The van der Waals surface area contributed by atoms with Crippen LogP contribution in [-0.4, -0.2) is 72.5 Å². The summed E-state index contributed by atoms with van der Waals surface area (Å²) in [7, 11) is 3.54. The Bertz CT molecular complexity index is 714. The van der Waals surface area contributed by atoms with E-state index in [-0.39, 0.29) is 42.5 Å². The number of aromatic nitrogens is 1. The van der Waals surface area contributed by atoms with E-state index >= 15 is 0 Å². The Kier molecular flexibility index (Phi) is 7.59. The van der Waals surface area contributed by atoms with Crippen LogP contribution >= 0.6 is 24.0 Å². The first-order valence-corrected chi connectivity index (χ1v) is 10.4. The number of halogens is 1. The largest absolute Gasteiger partial charge is 0.472 e. The van der Waals surface area contributed by atoms with E-state index < -0.39 is 0 Å². The van der Waals surface area contributed by atoms with Gasteiger partial charge in [0.1, 0.15) is 12.6 Å². The highest BCUT2D eigenvalue weighted by Gasteiger charge is 2.40. The molecule has 1 saturated heterocycles. The number of carbonyl (C=O) groups is 1. The number of carbonyl (C=O) groups excluding carboxylic acids is 1. The van der Waals surface area contributed by atoms with Crippen molar-refractivity contribution in [1.82, 2.24) is 20.1 Å². The SMILES string of the molecule is CN(C)C(=O)CN=C(NC1CC2CCC1C2)N1CCC(Oc2ccccn2)C1.I. The molecule has 0 spiro atoms. The van der Waals surface area contributed by atoms with Crippen molar-refractivity contribution >= 4 is 35.8 Å². The second-order valence-electron chi connectivity index (χ2n) is 8.50. The first kappa shape index (κ1) is 22.1. The Balaban J connectivity index is 0.00000240. The molecule has 0 radical (unpaired) electrons. The Morgan fingerprint density at radius 2 is 2.17 bits per heavy atom. The highest BCUT2D eigenvalue weighted by molar-refractivity contribution is 14.0. The van der Waals surface area contributed by atoms with Gasteiger partial charge in [0.15, 0.2) is 5.96 Å². The Morgan fingerprint density at radius 3 is 2.83 bits per heavy atom. The van der Waals surface area contributed by atoms with Crippen molar-refractivity contribution in [3.63, 3.8) is 0 Å². The smallest absolute Gasteiger partial charge is 0.243 e. The number of ether oxygens (including phenoxy) is 1. The first-order chi connectivity index (χ1) is 13.6. The number of hydrogen-bond acceptors (Lipinski definition) is 4. The van der Waals surface area contributed by atoms with Crippen molar-refractivity contribution in [3.05, 3.63) is 24.4 Å². The molecule has 7 nitrogen and oxygen atoms in total. The lowest BCUT2D eigenvalue weighted by atomic mass is 9.95. The average molecular weight is 513 g/mol. The third-order valence-corrected chi connectivity index (χ3v) is 6.29. The Labute approximate surface area is 190 Å². The molecule has 2 heterocycles. The van der Waals surface area contributed by atoms with E-state index in [1.807, 2.05) is 18.2 Å². The molecule has 4 unspecified atom stereocenters. The zero-order valence-corrected chi connectivity index (χ0v) is 19.6. The van der Waals surface area contributed by atoms with Crippen LogP contribution in [0.3, 0.4) is 0 Å². The standard InChI is InChI=1S/C21H31N5O2.HI/c1-25(2)20(27)13-23-21(24-18-12-15-6-7-16(18)11-15)26-10-8-17(14-26)28-19-5-3-4-9-22-19;/h3-5,9,15-18H,6-8,10-14H2,1-2H3,(H,23,24);1H. The minimum atomic E-state index is 0. The lowest BCUT2D eigenvalue weighted by Gasteiger charge is -2.29. The van der Waals surface area contributed by atoms with Gasteiger partial charge in [0, 0.05) is 45.4 Å². The highest BCUT2D eigenvalue weighted by Crippen LogP contribution is 2.44. The molecule has 1 aromatic rings. The maximum absolute atomic E-state index is 12.1. The van der Waals surface area contributed by atoms with Gasteiger partial charge in [-0.1, -0.05) is 12.5 Å². The van der Waals surface area contributed by atoms with Crippen LogP contribution in [0.5, 0.6) is 5.88 Å². The normalized spacial score (nSPS) is 28.2. The molecule has 1 amide bonds. The number of guanidine groups is 1. The number of fused-ring (bicyclic) bond motifs is 2. The summed E-state index contributed by atoms with van der Waals surface area (Å²) in [4.78, 5) is 24.9. The fourth-order valence-corrected chi connectivity index (χ4v) is 4.71. The molecule has 160 valence electrons. The number of rotatable bonds is 5. The van der Waals surface area contributed by atoms with Crippen molar-refractivity contribution in [3.8, 4) is 5.88 Å². The summed E-state index contributed by atoms with van der Waals surface area (Å²) in [6, 6.07) is 6.20. The predicted octanol–water partition coefficient (Wildman–Crippen LogP) is 2.38. The number of aliphatic imine (C=N–C) groups is 1. The van der Waals surface area contributed by atoms with Crippen molar-refractivity contribution < 1.29 is 9.53 Å². The van der Waals surface area contributed by atoms with Gasteiger partial charge < -0.3 is 19.9 Å². The van der Waals surface area contributed by atoms with Gasteiger partial charge in [-0.3, -0.25) is 4.79 Å². The molecular weight excluding hydrogens is 481 g/mol. The van der Waals surface area contributed by atoms with Gasteiger partial charge in [-0.25, -0.2) is 9.98 Å². The molecule has 2 saturated carbocycles. The van der Waals surface area contributed by atoms with Gasteiger partial charge in [-0.05, 0) is 37.2 Å². The number of hydrogen-bond donors (Lipinski definition) is 1. The van der Waals surface area contributed by atoms with E-state index in [1.165, 1.54) is 25.7 Å². The lowest BCUT2D eigenvalue weighted by molar-refractivity contribution is -0.127. The molecule has 0 aromatic carbocycles. The molecule has 1 aliphatic heterocycles. The van der Waals surface area contributed by atoms with E-state index in [9.17, 15) is 4.79 Å². The highest BCUT2D eigenvalue weighted by atomic mass is 127. The van der Waals surface area contributed by atoms with Crippen LogP contribution < -0.4 is 10.1 Å². The maximum atomic E-state index is 12.1. The minimum absolute atomic E-state index is 0. The zero-order valence-electron chi connectivity index (χ0n) is 17.3. The molecule has 2 bridgehead atoms. The molecule has 4 atom stereocenters. The summed E-state index contributed by atoms with van der Waals surface area (Å²) < 4.78 is 6.03. The zero-order chi connectivity index (χ0) is 19.5. The summed E-state index contributed by atoms with van der Waals surface area (Å²) >= 11 is 0. The van der Waals surface area contributed by atoms with Crippen molar-refractivity contribution in [2.45, 2.75) is 44.2 Å². The van der Waals surface area contributed by atoms with Crippen LogP contribution in [0, 0.1) is 11.8 Å². The summed E-state index contributed by atoms with van der Waals surface area (Å²) in [5, 5.41) is 3.70. The molecule has 3 aliphatic rings. The van der Waals surface area contributed by atoms with Gasteiger partial charge >= 0.3 is 0 Å². The quantitative estimate of drug-likeness (QED) is 0.372. The Morgan fingerprint density at radius 1 is 1.31 bits per heavy atom. The van der Waals surface area contributed by atoms with Gasteiger partial charge in [0.2, 0.25) is 11.8 Å². The molecule has 4 rings (SSSR count). The maximum Gasteiger partial charge on any atom is 0.243 e. The van der Waals surface area contributed by atoms with Gasteiger partial charge in [-0.2, -0.15) is 0 Å². The van der Waals surface area contributed by atoms with E-state index in [1.54, 1.807) is 25.2 Å². The number of likely N-dealkylation sites (N-methyl/N-ethyl adjacent to an activating group) is 1. The lowest BCUT2D eigenvalue weighted by Crippen LogP contribution is -2.48. The number of pyridine rings is 1. The van der Waals surface area contributed by atoms with Crippen molar-refractivity contribution in [2.24, 2.45) is 16.8 Å². The molecule has 1 aromatic heterocycles. The minimum Gasteiger partial charge on any atom is -0.472 e. The second-order valence-corrected chi connectivity index (χ2v) is 8.50. The van der Waals surface area contributed by atoms with E-state index in [2.05, 4.69) is 20.2 Å². The van der Waals surface area contributed by atoms with Crippen molar-refractivity contribution in [1.29, 1.82) is 0 Å². The molecule has 29 heavy (non-hydrogen) atoms. The summed E-state index contributed by atoms with van der Waals surface area (Å²) in [6.07, 6.45) is 8.02. The number of amides is 1. The summed E-state index contributed by atoms with van der Waals surface area (Å²) in [5.41, 5.74) is 0. The third-order valence-electron chi connectivity index (χ3n) is 6.29. The first-order valence-electron chi connectivity index (χ1n) is 10.4. The fraction of sp³-hybridized carbons (Fsp3) is 0.667. The van der Waals surface area contributed by atoms with E-state index in [4.69, 9.17) is 4.74 Å². The van der Waals surface area contributed by atoms with Gasteiger partial charge in [0.25, 0.3) is 0 Å². The van der Waals surface area contributed by atoms with Gasteiger partial charge in [-0.15, -0.1) is 24.0 Å². The molecule has 8 heteroatoms. The van der Waals surface area contributed by atoms with Gasteiger partial charge in [0.05, 0.1) is 6.54 Å². The number of nitrogens with zero attached hydrogens (tertiary/aromatic N) is 4. The van der Waals surface area contributed by atoms with Crippen LogP contribution in [0.25, 0.3) is 0 Å². The fourth-order valence-electron chi connectivity index (χ4n) is 4.71. The molecule has 1 N–H and O–H groups in total. The molecule has 3 fully saturated rings. The monoisotopic (exact) mass is 513 g/mol. The predicted molar refractivity (Wildman–Crippen MR) is 124 cm³/mol. The summed E-state index contributed by atoms with van der Waals surface area (Å²) in [5.74, 6) is 3.16. The number of likely N-dealkylation sites (tertiary alicyclic amines) is 1. The number of nitrogens with one attached hydrogen (secondary N) is 1. The van der Waals surface area contributed by atoms with Crippen LogP contribution in [0.2, 0.25) is 0 Å². The van der Waals surface area contributed by atoms with E-state index in [0.717, 1.165) is 37.3 Å². The van der Waals surface area contributed by atoms with Crippen LogP contribution in [0.1, 0.15) is 32.1 Å². The van der Waals surface area contributed by atoms with Crippen LogP contribution in [-0.2, 0) is 4.79 Å². The summed E-state index contributed by atoms with van der Waals surface area (Å²) in [6.45, 7) is 1.82.